The number of amides is 1. The van der Waals surface area contributed by atoms with E-state index in [9.17, 15) is 18.0 Å². The predicted octanol–water partition coefficient (Wildman–Crippen LogP) is 5.06. The molecule has 0 aliphatic heterocycles. The number of pyridine rings is 2. The van der Waals surface area contributed by atoms with Crippen LogP contribution in [-0.2, 0) is 25.7 Å². The zero-order valence-electron chi connectivity index (χ0n) is 19.4. The van der Waals surface area contributed by atoms with Crippen LogP contribution < -0.4 is 5.73 Å². The van der Waals surface area contributed by atoms with Gasteiger partial charge in [-0.3, -0.25) is 14.9 Å². The summed E-state index contributed by atoms with van der Waals surface area (Å²) >= 11 is 0. The predicted molar refractivity (Wildman–Crippen MR) is 126 cm³/mol. The van der Waals surface area contributed by atoms with Crippen molar-refractivity contribution in [2.24, 2.45) is 0 Å². The lowest BCUT2D eigenvalue weighted by atomic mass is 10.1. The first kappa shape index (κ1) is 24.2. The number of hydrogen-bond acceptors (Lipinski definition) is 5. The van der Waals surface area contributed by atoms with Crippen molar-refractivity contribution in [1.82, 2.24) is 25.1 Å². The lowest BCUT2D eigenvalue weighted by Gasteiger charge is -2.23. The van der Waals surface area contributed by atoms with Gasteiger partial charge in [-0.15, -0.1) is 0 Å². The number of rotatable bonds is 7. The van der Waals surface area contributed by atoms with Gasteiger partial charge in [-0.1, -0.05) is 13.3 Å². The number of nitrogens with zero attached hydrogens (tertiary/aromatic N) is 4. The summed E-state index contributed by atoms with van der Waals surface area (Å²) in [5.41, 5.74) is 9.05. The van der Waals surface area contributed by atoms with Gasteiger partial charge in [0.25, 0.3) is 5.91 Å². The van der Waals surface area contributed by atoms with Crippen LogP contribution in [0.4, 0.5) is 19.0 Å². The maximum absolute atomic E-state index is 13.6. The van der Waals surface area contributed by atoms with Crippen LogP contribution in [0.15, 0.2) is 48.8 Å². The summed E-state index contributed by atoms with van der Waals surface area (Å²) in [4.78, 5) is 23.5. The van der Waals surface area contributed by atoms with E-state index in [1.807, 2.05) is 19.9 Å². The second kappa shape index (κ2) is 9.73. The lowest BCUT2D eigenvalue weighted by Crippen LogP contribution is -2.31. The number of benzene rings is 1. The highest BCUT2D eigenvalue weighted by atomic mass is 19.4. The molecule has 1 amide bonds. The average molecular weight is 483 g/mol. The molecule has 0 aliphatic rings. The van der Waals surface area contributed by atoms with Crippen molar-refractivity contribution in [3.63, 3.8) is 0 Å². The number of aromatic nitrogens is 4. The van der Waals surface area contributed by atoms with Gasteiger partial charge < -0.3 is 10.6 Å². The Kier molecular flexibility index (Phi) is 6.72. The molecule has 0 saturated heterocycles. The minimum Gasteiger partial charge on any atom is -0.383 e. The van der Waals surface area contributed by atoms with Crippen LogP contribution in [0.2, 0.25) is 0 Å². The molecule has 1 aromatic carbocycles. The fourth-order valence-electron chi connectivity index (χ4n) is 3.84. The van der Waals surface area contributed by atoms with Gasteiger partial charge >= 0.3 is 6.18 Å². The Bertz CT molecular complexity index is 1350. The molecule has 0 bridgehead atoms. The summed E-state index contributed by atoms with van der Waals surface area (Å²) in [5, 5.41) is 7.82. The van der Waals surface area contributed by atoms with E-state index in [2.05, 4.69) is 20.2 Å². The molecule has 0 saturated carbocycles. The zero-order valence-corrected chi connectivity index (χ0v) is 19.4. The number of carbonyl (C=O) groups excluding carboxylic acids is 1. The SMILES string of the molecule is CCCc1cn[nH]c1CN(Cc1ccc(C(F)(F)F)cn1)C(=O)c1ccc2nc(N)c(C)cc2c1. The van der Waals surface area contributed by atoms with E-state index in [-0.39, 0.29) is 19.0 Å². The number of nitrogens with two attached hydrogens (primary N) is 1. The average Bonchev–Trinajstić information content (AvgIpc) is 3.25. The molecule has 7 nitrogen and oxygen atoms in total. The third-order valence-corrected chi connectivity index (χ3v) is 5.76. The second-order valence-electron chi connectivity index (χ2n) is 8.42. The number of halogens is 3. The van der Waals surface area contributed by atoms with Crippen LogP contribution in [0.5, 0.6) is 0 Å². The molecule has 0 unspecified atom stereocenters. The molecule has 3 N–H and O–H groups in total. The first-order valence-electron chi connectivity index (χ1n) is 11.1. The largest absolute Gasteiger partial charge is 0.417 e. The van der Waals surface area contributed by atoms with Crippen molar-refractivity contribution >= 4 is 22.6 Å². The third-order valence-electron chi connectivity index (χ3n) is 5.76. The monoisotopic (exact) mass is 482 g/mol. The Labute approximate surface area is 200 Å². The van der Waals surface area contributed by atoms with Crippen molar-refractivity contribution < 1.29 is 18.0 Å². The van der Waals surface area contributed by atoms with Gasteiger partial charge in [0.2, 0.25) is 0 Å². The number of nitrogen functional groups attached to an aromatic ring is 1. The lowest BCUT2D eigenvalue weighted by molar-refractivity contribution is -0.137. The molecule has 35 heavy (non-hydrogen) atoms. The summed E-state index contributed by atoms with van der Waals surface area (Å²) in [6.07, 6.45) is -0.277. The standard InChI is InChI=1S/C25H25F3N6O/c1-3-4-17-11-31-33-22(17)14-34(13-20-7-6-19(12-30-20)25(26,27)28)24(35)16-5-8-21-18(10-16)9-15(2)23(29)32-21/h5-12H,3-4,13-14H2,1-2H3,(H2,29,32)(H,31,33). The molecule has 4 rings (SSSR count). The molecule has 0 spiro atoms. The first-order valence-corrected chi connectivity index (χ1v) is 11.1. The number of fused-ring (bicyclic) bond motifs is 1. The van der Waals surface area contributed by atoms with Gasteiger partial charge in [-0.05, 0) is 60.9 Å². The summed E-state index contributed by atoms with van der Waals surface area (Å²) in [5.74, 6) is 0.134. The van der Waals surface area contributed by atoms with Crippen molar-refractivity contribution in [3.8, 4) is 0 Å². The second-order valence-corrected chi connectivity index (χ2v) is 8.42. The summed E-state index contributed by atoms with van der Waals surface area (Å²) in [6, 6.07) is 9.26. The highest BCUT2D eigenvalue weighted by Gasteiger charge is 2.31. The number of carbonyl (C=O) groups is 1. The fourth-order valence-corrected chi connectivity index (χ4v) is 3.84. The molecule has 0 aliphatic carbocycles. The molecular weight excluding hydrogens is 457 g/mol. The molecule has 3 heterocycles. The zero-order chi connectivity index (χ0) is 25.2. The molecule has 10 heteroatoms. The molecule has 0 atom stereocenters. The molecule has 4 aromatic rings. The van der Waals surface area contributed by atoms with E-state index in [1.54, 1.807) is 29.3 Å². The van der Waals surface area contributed by atoms with Crippen molar-refractivity contribution in [1.29, 1.82) is 0 Å². The van der Waals surface area contributed by atoms with Crippen molar-refractivity contribution in [2.75, 3.05) is 5.73 Å². The summed E-state index contributed by atoms with van der Waals surface area (Å²) in [7, 11) is 0. The van der Waals surface area contributed by atoms with E-state index in [4.69, 9.17) is 5.73 Å². The Morgan fingerprint density at radius 1 is 1.11 bits per heavy atom. The van der Waals surface area contributed by atoms with Gasteiger partial charge in [0.1, 0.15) is 5.82 Å². The van der Waals surface area contributed by atoms with Gasteiger partial charge in [-0.25, -0.2) is 4.98 Å². The Morgan fingerprint density at radius 2 is 1.91 bits per heavy atom. The Balaban J connectivity index is 1.67. The number of anilines is 1. The number of aryl methyl sites for hydroxylation is 2. The molecular formula is C25H25F3N6O. The first-order chi connectivity index (χ1) is 16.7. The third kappa shape index (κ3) is 5.42. The number of nitrogens with one attached hydrogen (secondary N) is 1. The number of alkyl halides is 3. The number of hydrogen-bond donors (Lipinski definition) is 2. The molecule has 0 radical (unpaired) electrons. The van der Waals surface area contributed by atoms with Crippen LogP contribution >= 0.6 is 0 Å². The topological polar surface area (TPSA) is 101 Å². The van der Waals surface area contributed by atoms with Gasteiger partial charge in [-0.2, -0.15) is 18.3 Å². The van der Waals surface area contributed by atoms with Crippen LogP contribution in [0.1, 0.15) is 51.8 Å². The summed E-state index contributed by atoms with van der Waals surface area (Å²) in [6.45, 7) is 4.11. The van der Waals surface area contributed by atoms with Crippen LogP contribution in [0.25, 0.3) is 10.9 Å². The quantitative estimate of drug-likeness (QED) is 0.384. The summed E-state index contributed by atoms with van der Waals surface area (Å²) < 4.78 is 38.9. The van der Waals surface area contributed by atoms with Gasteiger partial charge in [0.15, 0.2) is 0 Å². The van der Waals surface area contributed by atoms with E-state index >= 15 is 0 Å². The van der Waals surface area contributed by atoms with Crippen LogP contribution in [-0.4, -0.2) is 31.0 Å². The van der Waals surface area contributed by atoms with Crippen LogP contribution in [0, 0.1) is 6.92 Å². The highest BCUT2D eigenvalue weighted by Crippen LogP contribution is 2.29. The molecule has 182 valence electrons. The van der Waals surface area contributed by atoms with Crippen molar-refractivity contribution in [2.45, 2.75) is 46.0 Å². The van der Waals surface area contributed by atoms with E-state index in [1.165, 1.54) is 6.07 Å². The fraction of sp³-hybridized carbons (Fsp3) is 0.280. The Morgan fingerprint density at radius 3 is 2.60 bits per heavy atom. The smallest absolute Gasteiger partial charge is 0.383 e. The van der Waals surface area contributed by atoms with E-state index in [0.29, 0.717) is 22.6 Å². The maximum Gasteiger partial charge on any atom is 0.417 e. The molecule has 3 aromatic heterocycles. The Hall–Kier alpha value is -3.95. The van der Waals surface area contributed by atoms with Crippen molar-refractivity contribution in [3.05, 3.63) is 82.4 Å². The number of aromatic amines is 1. The van der Waals surface area contributed by atoms with Crippen LogP contribution in [0.3, 0.4) is 0 Å². The molecule has 0 fully saturated rings. The van der Waals surface area contributed by atoms with E-state index in [0.717, 1.165) is 47.3 Å². The maximum atomic E-state index is 13.6. The minimum atomic E-state index is -4.48. The normalized spacial score (nSPS) is 11.7. The minimum absolute atomic E-state index is 0.0264. The highest BCUT2D eigenvalue weighted by molar-refractivity contribution is 5.98. The number of H-pyrrole nitrogens is 1. The van der Waals surface area contributed by atoms with E-state index < -0.39 is 11.7 Å². The van der Waals surface area contributed by atoms with Gasteiger partial charge in [0, 0.05) is 17.1 Å². The van der Waals surface area contributed by atoms with Gasteiger partial charge in [0.05, 0.1) is 41.8 Å².